The Morgan fingerprint density at radius 2 is 1.94 bits per heavy atom. The van der Waals surface area contributed by atoms with Crippen LogP contribution in [-0.2, 0) is 21.2 Å². The molecule has 0 atom stereocenters. The number of fused-ring (bicyclic) bond motifs is 1. The normalized spacial score (nSPS) is 13.6. The minimum atomic E-state index is -4.08. The van der Waals surface area contributed by atoms with Crippen molar-refractivity contribution in [1.82, 2.24) is 9.71 Å². The van der Waals surface area contributed by atoms with Gasteiger partial charge in [-0.25, -0.2) is 27.8 Å². The molecule has 9 nitrogen and oxygen atoms in total. The van der Waals surface area contributed by atoms with Crippen molar-refractivity contribution < 1.29 is 22.8 Å². The number of urea groups is 1. The molecule has 0 saturated heterocycles. The van der Waals surface area contributed by atoms with Crippen LogP contribution in [0.5, 0.6) is 0 Å². The molecule has 0 saturated carbocycles. The van der Waals surface area contributed by atoms with Crippen molar-refractivity contribution in [3.05, 3.63) is 64.1 Å². The third-order valence-corrected chi connectivity index (χ3v) is 7.73. The topological polar surface area (TPSA) is 126 Å². The third kappa shape index (κ3) is 4.48. The summed E-state index contributed by atoms with van der Waals surface area (Å²) in [6.45, 7) is 0. The van der Waals surface area contributed by atoms with Gasteiger partial charge >= 0.3 is 6.03 Å². The van der Waals surface area contributed by atoms with Gasteiger partial charge in [-0.3, -0.25) is 9.59 Å². The highest BCUT2D eigenvalue weighted by Gasteiger charge is 2.33. The highest BCUT2D eigenvalue weighted by atomic mass is 35.5. The van der Waals surface area contributed by atoms with Gasteiger partial charge in [0, 0.05) is 10.5 Å². The Morgan fingerprint density at radius 3 is 2.59 bits per heavy atom. The summed E-state index contributed by atoms with van der Waals surface area (Å²) in [6, 6.07) is 9.40. The molecular weight excluding hydrogens is 496 g/mol. The van der Waals surface area contributed by atoms with E-state index in [2.05, 4.69) is 22.9 Å². The lowest BCUT2D eigenvalue weighted by Crippen LogP contribution is -2.43. The van der Waals surface area contributed by atoms with Crippen LogP contribution >= 0.6 is 35.6 Å². The Labute approximate surface area is 196 Å². The molecule has 3 aromatic rings. The average Bonchev–Trinajstić information content (AvgIpc) is 3.17. The van der Waals surface area contributed by atoms with E-state index >= 15 is 0 Å². The molecule has 0 aliphatic carbocycles. The fraction of sp³-hybridized carbons (Fsp3) is 0.0526. The van der Waals surface area contributed by atoms with Gasteiger partial charge in [0.1, 0.15) is 10.0 Å². The summed E-state index contributed by atoms with van der Waals surface area (Å²) in [5.41, 5.74) is 1.12. The van der Waals surface area contributed by atoms with Gasteiger partial charge in [0.15, 0.2) is 0 Å². The fourth-order valence-electron chi connectivity index (χ4n) is 2.99. The van der Waals surface area contributed by atoms with E-state index in [-0.39, 0.29) is 26.5 Å². The van der Waals surface area contributed by atoms with Gasteiger partial charge in [0.25, 0.3) is 15.9 Å². The lowest BCUT2D eigenvalue weighted by Gasteiger charge is -2.26. The molecule has 0 spiro atoms. The predicted molar refractivity (Wildman–Crippen MR) is 122 cm³/mol. The summed E-state index contributed by atoms with van der Waals surface area (Å²) >= 11 is 10.8. The van der Waals surface area contributed by atoms with Crippen molar-refractivity contribution in [2.75, 3.05) is 10.2 Å². The number of hydrogen-bond donors (Lipinski definition) is 3. The lowest BCUT2D eigenvalue weighted by molar-refractivity contribution is -0.117. The molecule has 2 N–H and O–H groups in total. The largest absolute Gasteiger partial charge is 0.333 e. The number of carbonyl (C=O) groups is 3. The van der Waals surface area contributed by atoms with E-state index in [1.54, 1.807) is 18.2 Å². The van der Waals surface area contributed by atoms with E-state index < -0.39 is 27.9 Å². The molecule has 0 bridgehead atoms. The molecular formula is C19H13ClN4O5S3. The first-order valence-corrected chi connectivity index (χ1v) is 12.0. The van der Waals surface area contributed by atoms with E-state index in [9.17, 15) is 22.8 Å². The number of amides is 4. The molecule has 4 amide bonds. The monoisotopic (exact) mass is 508 g/mol. The van der Waals surface area contributed by atoms with Crippen LogP contribution in [0.4, 0.5) is 16.3 Å². The van der Waals surface area contributed by atoms with Gasteiger partial charge in [-0.2, -0.15) is 0 Å². The van der Waals surface area contributed by atoms with Crippen molar-refractivity contribution in [3.8, 4) is 0 Å². The van der Waals surface area contributed by atoms with Gasteiger partial charge < -0.3 is 5.32 Å². The second kappa shape index (κ2) is 8.54. The maximum Gasteiger partial charge on any atom is 0.333 e. The Hall–Kier alpha value is -2.93. The maximum atomic E-state index is 12.8. The number of imide groups is 1. The number of rotatable bonds is 4. The van der Waals surface area contributed by atoms with E-state index in [1.807, 2.05) is 4.72 Å². The standard InChI is InChI=1S/C19H13ClN4O5S3/c20-14-4-6-17(31-14)32(28,29)23-19(27)22-11-2-5-15(21-9-11)24-16(25)7-10-1-3-12(30)8-13(10)18(24)26/h1-6,8-9,30H,7H2,(H2,22,23,27). The predicted octanol–water partition coefficient (Wildman–Crippen LogP) is 3.33. The summed E-state index contributed by atoms with van der Waals surface area (Å²) in [6.07, 6.45) is 1.23. The van der Waals surface area contributed by atoms with E-state index in [4.69, 9.17) is 11.6 Å². The van der Waals surface area contributed by atoms with Crippen molar-refractivity contribution in [2.45, 2.75) is 15.5 Å². The number of pyridine rings is 1. The van der Waals surface area contributed by atoms with Crippen LogP contribution in [0.15, 0.2) is 57.8 Å². The van der Waals surface area contributed by atoms with E-state index in [0.29, 0.717) is 16.0 Å². The van der Waals surface area contributed by atoms with Gasteiger partial charge in [-0.15, -0.1) is 24.0 Å². The quantitative estimate of drug-likeness (QED) is 0.366. The Balaban J connectivity index is 1.48. The number of halogens is 1. The van der Waals surface area contributed by atoms with Crippen LogP contribution < -0.4 is 14.9 Å². The molecule has 3 heterocycles. The Morgan fingerprint density at radius 1 is 1.16 bits per heavy atom. The Bertz CT molecular complexity index is 1360. The summed E-state index contributed by atoms with van der Waals surface area (Å²) in [4.78, 5) is 43.0. The van der Waals surface area contributed by atoms with Crippen LogP contribution in [0.1, 0.15) is 15.9 Å². The minimum Gasteiger partial charge on any atom is -0.306 e. The summed E-state index contributed by atoms with van der Waals surface area (Å²) < 4.78 is 26.4. The number of benzene rings is 1. The van der Waals surface area contributed by atoms with Crippen molar-refractivity contribution in [2.24, 2.45) is 0 Å². The number of nitrogens with zero attached hydrogens (tertiary/aromatic N) is 2. The van der Waals surface area contributed by atoms with Crippen LogP contribution in [0.2, 0.25) is 4.34 Å². The smallest absolute Gasteiger partial charge is 0.306 e. The first-order valence-electron chi connectivity index (χ1n) is 8.88. The highest BCUT2D eigenvalue weighted by molar-refractivity contribution is 7.92. The third-order valence-electron chi connectivity index (χ3n) is 4.39. The molecule has 13 heteroatoms. The molecule has 4 rings (SSSR count). The number of thiophene rings is 1. The zero-order chi connectivity index (χ0) is 23.0. The summed E-state index contributed by atoms with van der Waals surface area (Å²) in [7, 11) is -4.08. The Kier molecular flexibility index (Phi) is 5.95. The second-order valence-corrected chi connectivity index (χ2v) is 10.7. The number of thiol groups is 1. The molecule has 1 aromatic carbocycles. The zero-order valence-electron chi connectivity index (χ0n) is 15.9. The fourth-order valence-corrected chi connectivity index (χ4v) is 5.58. The molecule has 2 aromatic heterocycles. The first-order chi connectivity index (χ1) is 15.1. The second-order valence-electron chi connectivity index (χ2n) is 6.58. The molecule has 164 valence electrons. The van der Waals surface area contributed by atoms with Crippen molar-refractivity contribution in [1.29, 1.82) is 0 Å². The van der Waals surface area contributed by atoms with Crippen molar-refractivity contribution >= 4 is 74.9 Å². The van der Waals surface area contributed by atoms with Gasteiger partial charge in [-0.1, -0.05) is 17.7 Å². The van der Waals surface area contributed by atoms with Crippen molar-refractivity contribution in [3.63, 3.8) is 0 Å². The minimum absolute atomic E-state index is 0.0316. The van der Waals surface area contributed by atoms with Crippen LogP contribution in [0, 0.1) is 0 Å². The number of carbonyl (C=O) groups excluding carboxylic acids is 3. The SMILES string of the molecule is O=C(Nc1ccc(N2C(=O)Cc3ccc(S)cc3C2=O)nc1)NS(=O)(=O)c1ccc(Cl)s1. The van der Waals surface area contributed by atoms with E-state index in [1.165, 1.54) is 30.5 Å². The first kappa shape index (κ1) is 22.3. The molecule has 0 fully saturated rings. The van der Waals surface area contributed by atoms with Gasteiger partial charge in [0.2, 0.25) is 5.91 Å². The lowest BCUT2D eigenvalue weighted by atomic mass is 9.98. The number of aromatic nitrogens is 1. The zero-order valence-corrected chi connectivity index (χ0v) is 19.2. The molecule has 1 aliphatic rings. The molecule has 1 aliphatic heterocycles. The number of nitrogens with one attached hydrogen (secondary N) is 2. The molecule has 0 unspecified atom stereocenters. The average molecular weight is 509 g/mol. The maximum absolute atomic E-state index is 12.8. The van der Waals surface area contributed by atoms with Gasteiger partial charge in [0.05, 0.1) is 22.6 Å². The highest BCUT2D eigenvalue weighted by Crippen LogP contribution is 2.27. The van der Waals surface area contributed by atoms with E-state index in [0.717, 1.165) is 16.2 Å². The van der Waals surface area contributed by atoms with Crippen LogP contribution in [0.3, 0.4) is 0 Å². The van der Waals surface area contributed by atoms with Crippen LogP contribution in [0.25, 0.3) is 0 Å². The van der Waals surface area contributed by atoms with Gasteiger partial charge in [-0.05, 0) is 42.0 Å². The molecule has 0 radical (unpaired) electrons. The summed E-state index contributed by atoms with van der Waals surface area (Å²) in [5.74, 6) is -0.901. The molecule has 32 heavy (non-hydrogen) atoms. The summed E-state index contributed by atoms with van der Waals surface area (Å²) in [5, 5.41) is 2.33. The number of sulfonamides is 1. The van der Waals surface area contributed by atoms with Crippen LogP contribution in [-0.4, -0.2) is 31.2 Å². The number of hydrogen-bond acceptors (Lipinski definition) is 8. The number of anilines is 2.